The van der Waals surface area contributed by atoms with Crippen molar-refractivity contribution in [2.45, 2.75) is 38.5 Å². The van der Waals surface area contributed by atoms with Crippen LogP contribution in [0.5, 0.6) is 0 Å². The number of thiazole rings is 1. The van der Waals surface area contributed by atoms with Gasteiger partial charge in [-0.15, -0.1) is 16.1 Å². The highest BCUT2D eigenvalue weighted by Crippen LogP contribution is 2.27. The highest BCUT2D eigenvalue weighted by Gasteiger charge is 2.29. The van der Waals surface area contributed by atoms with Crippen LogP contribution >= 0.6 is 11.3 Å². The summed E-state index contributed by atoms with van der Waals surface area (Å²) in [5.74, 6) is 0. The molecule has 0 radical (unpaired) electrons. The fourth-order valence-electron chi connectivity index (χ4n) is 1.46. The van der Waals surface area contributed by atoms with Crippen molar-refractivity contribution < 1.29 is 4.55 Å². The molecule has 0 aliphatic carbocycles. The summed E-state index contributed by atoms with van der Waals surface area (Å²) in [6.07, 6.45) is 0. The van der Waals surface area contributed by atoms with Gasteiger partial charge in [-0.2, -0.15) is 0 Å². The molecule has 2 rings (SSSR count). The summed E-state index contributed by atoms with van der Waals surface area (Å²) in [5.41, 5.74) is 1.01. The molecule has 0 fully saturated rings. The zero-order valence-electron chi connectivity index (χ0n) is 11.1. The summed E-state index contributed by atoms with van der Waals surface area (Å²) >= 11 is 0.577. The van der Waals surface area contributed by atoms with Crippen LogP contribution in [-0.2, 0) is 11.4 Å². The highest BCUT2D eigenvalue weighted by atomic mass is 32.2. The Bertz CT molecular complexity index is 500. The third-order valence-electron chi connectivity index (χ3n) is 2.52. The van der Waals surface area contributed by atoms with E-state index in [4.69, 9.17) is 0 Å². The maximum atomic E-state index is 12.0. The molecule has 2 atom stereocenters. The molecule has 98 valence electrons. The van der Waals surface area contributed by atoms with E-state index >= 15 is 0 Å². The zero-order valence-corrected chi connectivity index (χ0v) is 12.7. The summed E-state index contributed by atoms with van der Waals surface area (Å²) in [4.78, 5) is 4.57. The van der Waals surface area contributed by atoms with Gasteiger partial charge in [0, 0.05) is 11.4 Å². The van der Waals surface area contributed by atoms with Gasteiger partial charge in [0.15, 0.2) is 0 Å². The lowest BCUT2D eigenvalue weighted by Crippen LogP contribution is -2.40. The molecule has 0 aliphatic rings. The number of rotatable bonds is 3. The topological polar surface area (TPSA) is 48.0 Å². The van der Waals surface area contributed by atoms with Gasteiger partial charge in [0.05, 0.1) is 10.2 Å². The first-order chi connectivity index (χ1) is 8.38. The molecule has 1 aromatic heterocycles. The number of hydrogen-bond donors (Lipinski definition) is 1. The maximum Gasteiger partial charge on any atom is 0.136 e. The van der Waals surface area contributed by atoms with E-state index in [0.29, 0.717) is 0 Å². The molecule has 3 nitrogen and oxygen atoms in total. The number of fused-ring (bicyclic) bond motifs is 1. The number of benzene rings is 1. The van der Waals surface area contributed by atoms with E-state index in [1.807, 2.05) is 45.9 Å². The fraction of sp³-hybridized carbons (Fsp3) is 0.462. The molecule has 0 amide bonds. The zero-order chi connectivity index (χ0) is 13.3. The summed E-state index contributed by atoms with van der Waals surface area (Å²) in [6.45, 7) is 7.88. The van der Waals surface area contributed by atoms with E-state index in [2.05, 4.69) is 15.8 Å². The van der Waals surface area contributed by atoms with Crippen LogP contribution in [0.1, 0.15) is 38.7 Å². The molecule has 5 heteroatoms. The van der Waals surface area contributed by atoms with Crippen LogP contribution in [0.2, 0.25) is 0 Å². The standard InChI is InChI=1S/C13H18N2OS2/c1-9(15-18(16)13(2,3)4)12-14-10-7-5-6-8-11(10)17-12/h5-9,15H,1-4H3. The Morgan fingerprint density at radius 2 is 2.00 bits per heavy atom. The van der Waals surface area contributed by atoms with Crippen LogP contribution < -0.4 is 4.72 Å². The van der Waals surface area contributed by atoms with Crippen molar-refractivity contribution >= 4 is 32.9 Å². The van der Waals surface area contributed by atoms with Crippen molar-refractivity contribution in [3.63, 3.8) is 0 Å². The normalized spacial score (nSPS) is 15.8. The monoisotopic (exact) mass is 282 g/mol. The van der Waals surface area contributed by atoms with Gasteiger partial charge in [-0.3, -0.25) is 0 Å². The van der Waals surface area contributed by atoms with Crippen molar-refractivity contribution in [3.8, 4) is 0 Å². The largest absolute Gasteiger partial charge is 0.598 e. The highest BCUT2D eigenvalue weighted by molar-refractivity contribution is 7.90. The number of aromatic nitrogens is 1. The minimum atomic E-state index is -1.07. The summed E-state index contributed by atoms with van der Waals surface area (Å²) < 4.78 is 16.1. The molecular formula is C13H18N2OS2. The predicted molar refractivity (Wildman–Crippen MR) is 79.1 cm³/mol. The number of para-hydroxylation sites is 1. The van der Waals surface area contributed by atoms with Crippen molar-refractivity contribution in [2.24, 2.45) is 0 Å². The first kappa shape index (κ1) is 13.8. The van der Waals surface area contributed by atoms with E-state index in [1.165, 1.54) is 4.70 Å². The first-order valence-electron chi connectivity index (χ1n) is 5.91. The lowest BCUT2D eigenvalue weighted by Gasteiger charge is -2.25. The van der Waals surface area contributed by atoms with Crippen LogP contribution in [0.3, 0.4) is 0 Å². The smallest absolute Gasteiger partial charge is 0.136 e. The number of nitrogens with one attached hydrogen (secondary N) is 1. The second kappa shape index (κ2) is 5.17. The molecule has 0 bridgehead atoms. The Balaban J connectivity index is 2.16. The van der Waals surface area contributed by atoms with E-state index in [1.54, 1.807) is 11.3 Å². The summed E-state index contributed by atoms with van der Waals surface area (Å²) in [7, 11) is 0. The van der Waals surface area contributed by atoms with Gasteiger partial charge in [-0.1, -0.05) is 12.1 Å². The van der Waals surface area contributed by atoms with E-state index in [9.17, 15) is 4.55 Å². The molecule has 2 unspecified atom stereocenters. The minimum absolute atomic E-state index is 0.00228. The Kier molecular flexibility index (Phi) is 3.96. The van der Waals surface area contributed by atoms with Gasteiger partial charge in [0.1, 0.15) is 15.8 Å². The van der Waals surface area contributed by atoms with Crippen LogP contribution in [0.15, 0.2) is 24.3 Å². The first-order valence-corrected chi connectivity index (χ1v) is 7.88. The average molecular weight is 282 g/mol. The molecule has 0 saturated heterocycles. The third-order valence-corrected chi connectivity index (χ3v) is 5.42. The predicted octanol–water partition coefficient (Wildman–Crippen LogP) is 3.41. The Hall–Kier alpha value is -0.620. The van der Waals surface area contributed by atoms with Gasteiger partial charge >= 0.3 is 0 Å². The molecule has 1 aromatic carbocycles. The van der Waals surface area contributed by atoms with Gasteiger partial charge in [-0.25, -0.2) is 4.98 Å². The lowest BCUT2D eigenvalue weighted by molar-refractivity contribution is 0.531. The SMILES string of the molecule is CC(N[S+]([O-])C(C)(C)C)c1nc2ccccc2s1. The Morgan fingerprint density at radius 3 is 2.61 bits per heavy atom. The van der Waals surface area contributed by atoms with E-state index < -0.39 is 11.4 Å². The summed E-state index contributed by atoms with van der Waals surface area (Å²) in [6, 6.07) is 8.06. The van der Waals surface area contributed by atoms with Crippen LogP contribution in [-0.4, -0.2) is 14.3 Å². The number of nitrogens with zero attached hydrogens (tertiary/aromatic N) is 1. The minimum Gasteiger partial charge on any atom is -0.598 e. The van der Waals surface area contributed by atoms with E-state index in [-0.39, 0.29) is 10.8 Å². The number of hydrogen-bond acceptors (Lipinski definition) is 4. The van der Waals surface area contributed by atoms with Gasteiger partial charge in [0.25, 0.3) is 0 Å². The van der Waals surface area contributed by atoms with Crippen LogP contribution in [0.4, 0.5) is 0 Å². The maximum absolute atomic E-state index is 12.0. The molecular weight excluding hydrogens is 264 g/mol. The Morgan fingerprint density at radius 1 is 1.33 bits per heavy atom. The quantitative estimate of drug-likeness (QED) is 0.878. The molecule has 1 N–H and O–H groups in total. The van der Waals surface area contributed by atoms with Gasteiger partial charge < -0.3 is 4.55 Å². The Labute approximate surface area is 115 Å². The molecule has 18 heavy (non-hydrogen) atoms. The van der Waals surface area contributed by atoms with Crippen molar-refractivity contribution in [3.05, 3.63) is 29.3 Å². The second-order valence-corrected chi connectivity index (χ2v) is 8.30. The van der Waals surface area contributed by atoms with Gasteiger partial charge in [-0.05, 0) is 39.8 Å². The van der Waals surface area contributed by atoms with Crippen molar-refractivity contribution in [1.29, 1.82) is 0 Å². The molecule has 0 saturated carbocycles. The molecule has 0 spiro atoms. The third kappa shape index (κ3) is 3.03. The fourth-order valence-corrected chi connectivity index (χ4v) is 3.29. The van der Waals surface area contributed by atoms with Crippen molar-refractivity contribution in [1.82, 2.24) is 9.71 Å². The van der Waals surface area contributed by atoms with Crippen molar-refractivity contribution in [2.75, 3.05) is 0 Å². The van der Waals surface area contributed by atoms with Gasteiger partial charge in [0.2, 0.25) is 0 Å². The molecule has 1 heterocycles. The second-order valence-electron chi connectivity index (χ2n) is 5.24. The molecule has 2 aromatic rings. The summed E-state index contributed by atoms with van der Waals surface area (Å²) in [5, 5.41) is 0.980. The molecule has 0 aliphatic heterocycles. The van der Waals surface area contributed by atoms with Crippen LogP contribution in [0, 0.1) is 0 Å². The average Bonchev–Trinajstić information content (AvgIpc) is 2.71. The van der Waals surface area contributed by atoms with E-state index in [0.717, 1.165) is 10.5 Å². The lowest BCUT2D eigenvalue weighted by atomic mass is 10.3. The van der Waals surface area contributed by atoms with Crippen LogP contribution in [0.25, 0.3) is 10.2 Å².